The Bertz CT molecular complexity index is 875. The fourth-order valence-corrected chi connectivity index (χ4v) is 3.39. The van der Waals surface area contributed by atoms with Gasteiger partial charge in [-0.15, -0.1) is 0 Å². The minimum atomic E-state index is -3.49. The zero-order valence-corrected chi connectivity index (χ0v) is 15.2. The molecule has 0 aliphatic heterocycles. The first-order valence-corrected chi connectivity index (χ1v) is 9.15. The molecule has 0 aromatic heterocycles. The fourth-order valence-electron chi connectivity index (χ4n) is 2.30. The summed E-state index contributed by atoms with van der Waals surface area (Å²) in [6.45, 7) is 0. The maximum atomic E-state index is 12.4. The second-order valence-electron chi connectivity index (χ2n) is 5.29. The summed E-state index contributed by atoms with van der Waals surface area (Å²) in [5.74, 6) is 1.52. The van der Waals surface area contributed by atoms with Crippen LogP contribution in [0.15, 0.2) is 41.8 Å². The van der Waals surface area contributed by atoms with Gasteiger partial charge in [0.2, 0.25) is 0 Å². The van der Waals surface area contributed by atoms with Crippen molar-refractivity contribution < 1.29 is 22.6 Å². The first kappa shape index (κ1) is 18.7. The van der Waals surface area contributed by atoms with E-state index in [-0.39, 0.29) is 5.75 Å². The van der Waals surface area contributed by atoms with Crippen LogP contribution in [0, 0.1) is 0 Å². The number of hydrogen-bond donors (Lipinski definition) is 1. The van der Waals surface area contributed by atoms with Crippen LogP contribution in [0.3, 0.4) is 0 Å². The molecule has 25 heavy (non-hydrogen) atoms. The Labute approximate surface area is 147 Å². The molecular weight excluding hydrogens is 342 g/mol. The van der Waals surface area contributed by atoms with Crippen molar-refractivity contribution in [2.75, 3.05) is 27.1 Å². The van der Waals surface area contributed by atoms with Crippen LogP contribution in [0.25, 0.3) is 6.08 Å². The van der Waals surface area contributed by atoms with Crippen LogP contribution in [-0.4, -0.2) is 29.7 Å². The van der Waals surface area contributed by atoms with Gasteiger partial charge in [-0.2, -0.15) is 0 Å². The lowest BCUT2D eigenvalue weighted by molar-refractivity contribution is 0.402. The normalized spacial score (nSPS) is 11.5. The van der Waals surface area contributed by atoms with Gasteiger partial charge in [0.15, 0.2) is 9.84 Å². The highest BCUT2D eigenvalue weighted by molar-refractivity contribution is 7.93. The van der Waals surface area contributed by atoms with Crippen LogP contribution in [0.1, 0.15) is 11.1 Å². The van der Waals surface area contributed by atoms with Gasteiger partial charge < -0.3 is 19.9 Å². The van der Waals surface area contributed by atoms with Crippen molar-refractivity contribution in [2.45, 2.75) is 5.75 Å². The standard InChI is InChI=1S/C18H21NO5S/c1-22-15-5-7-17(23-2)14(11-15)8-9-25(20,21)12-13-4-6-18(24-3)16(19)10-13/h4-11H,12,19H2,1-3H3/b9-8+. The summed E-state index contributed by atoms with van der Waals surface area (Å²) in [5, 5.41) is 1.16. The molecule has 6 nitrogen and oxygen atoms in total. The van der Waals surface area contributed by atoms with Gasteiger partial charge in [-0.3, -0.25) is 0 Å². The van der Waals surface area contributed by atoms with Gasteiger partial charge in [-0.25, -0.2) is 8.42 Å². The number of rotatable bonds is 7. The smallest absolute Gasteiger partial charge is 0.175 e. The van der Waals surface area contributed by atoms with Crippen molar-refractivity contribution in [3.63, 3.8) is 0 Å². The maximum Gasteiger partial charge on any atom is 0.175 e. The van der Waals surface area contributed by atoms with Crippen molar-refractivity contribution in [1.82, 2.24) is 0 Å². The van der Waals surface area contributed by atoms with E-state index in [1.54, 1.807) is 43.5 Å². The minimum absolute atomic E-state index is 0.163. The summed E-state index contributed by atoms with van der Waals surface area (Å²) in [4.78, 5) is 0. The maximum absolute atomic E-state index is 12.4. The van der Waals surface area contributed by atoms with E-state index >= 15 is 0 Å². The molecule has 0 spiro atoms. The lowest BCUT2D eigenvalue weighted by atomic mass is 10.2. The molecule has 2 rings (SSSR count). The van der Waals surface area contributed by atoms with Gasteiger partial charge in [-0.05, 0) is 42.0 Å². The highest BCUT2D eigenvalue weighted by Gasteiger charge is 2.11. The highest BCUT2D eigenvalue weighted by Crippen LogP contribution is 2.26. The van der Waals surface area contributed by atoms with E-state index in [9.17, 15) is 8.42 Å². The molecule has 0 saturated heterocycles. The largest absolute Gasteiger partial charge is 0.497 e. The molecule has 2 aromatic rings. The summed E-state index contributed by atoms with van der Waals surface area (Å²) < 4.78 is 40.2. The number of hydrogen-bond acceptors (Lipinski definition) is 6. The Morgan fingerprint density at radius 1 is 0.960 bits per heavy atom. The number of ether oxygens (including phenoxy) is 3. The van der Waals surface area contributed by atoms with Crippen LogP contribution in [0.5, 0.6) is 17.2 Å². The number of sulfone groups is 1. The Balaban J connectivity index is 2.23. The monoisotopic (exact) mass is 363 g/mol. The molecule has 0 aliphatic rings. The molecule has 0 heterocycles. The summed E-state index contributed by atoms with van der Waals surface area (Å²) in [7, 11) is 1.08. The average molecular weight is 363 g/mol. The molecule has 134 valence electrons. The summed E-state index contributed by atoms with van der Waals surface area (Å²) in [6, 6.07) is 10.1. The van der Waals surface area contributed by atoms with E-state index in [4.69, 9.17) is 19.9 Å². The first-order valence-electron chi connectivity index (χ1n) is 7.44. The van der Waals surface area contributed by atoms with Crippen molar-refractivity contribution in [3.05, 3.63) is 52.9 Å². The van der Waals surface area contributed by atoms with E-state index in [0.29, 0.717) is 34.1 Å². The molecule has 0 radical (unpaired) electrons. The molecule has 0 atom stereocenters. The summed E-state index contributed by atoms with van der Waals surface area (Å²) >= 11 is 0. The van der Waals surface area contributed by atoms with Gasteiger partial charge >= 0.3 is 0 Å². The molecule has 7 heteroatoms. The van der Waals surface area contributed by atoms with Crippen molar-refractivity contribution >= 4 is 21.6 Å². The first-order chi connectivity index (χ1) is 11.9. The lowest BCUT2D eigenvalue weighted by Gasteiger charge is -2.08. The minimum Gasteiger partial charge on any atom is -0.497 e. The van der Waals surface area contributed by atoms with Crippen molar-refractivity contribution in [1.29, 1.82) is 0 Å². The number of anilines is 1. The molecule has 0 aliphatic carbocycles. The van der Waals surface area contributed by atoms with Crippen LogP contribution in [0.4, 0.5) is 5.69 Å². The van der Waals surface area contributed by atoms with E-state index in [0.717, 1.165) is 5.41 Å². The molecule has 0 saturated carbocycles. The fraction of sp³-hybridized carbons (Fsp3) is 0.222. The predicted octanol–water partition coefficient (Wildman–Crippen LogP) is 2.88. The van der Waals surface area contributed by atoms with Crippen LogP contribution in [0.2, 0.25) is 0 Å². The SMILES string of the molecule is COc1ccc(OC)c(/C=C/S(=O)(=O)Cc2ccc(OC)c(N)c2)c1. The zero-order chi connectivity index (χ0) is 18.4. The molecular formula is C18H21NO5S. The molecule has 0 unspecified atom stereocenters. The Morgan fingerprint density at radius 3 is 2.24 bits per heavy atom. The number of methoxy groups -OCH3 is 3. The van der Waals surface area contributed by atoms with Gasteiger partial charge in [-0.1, -0.05) is 6.07 Å². The van der Waals surface area contributed by atoms with Gasteiger partial charge in [0.05, 0.1) is 32.8 Å². The molecule has 0 amide bonds. The summed E-state index contributed by atoms with van der Waals surface area (Å²) in [5.41, 5.74) is 7.41. The van der Waals surface area contributed by atoms with Crippen molar-refractivity contribution in [3.8, 4) is 17.2 Å². The highest BCUT2D eigenvalue weighted by atomic mass is 32.2. The van der Waals surface area contributed by atoms with Gasteiger partial charge in [0.25, 0.3) is 0 Å². The topological polar surface area (TPSA) is 87.8 Å². The Hall–Kier alpha value is -2.67. The Kier molecular flexibility index (Phi) is 5.93. The van der Waals surface area contributed by atoms with Crippen molar-refractivity contribution in [2.24, 2.45) is 0 Å². The predicted molar refractivity (Wildman–Crippen MR) is 98.6 cm³/mol. The number of nitrogen functional groups attached to an aromatic ring is 1. The van der Waals surface area contributed by atoms with Gasteiger partial charge in [0, 0.05) is 11.0 Å². The molecule has 2 N–H and O–H groups in total. The van der Waals surface area contributed by atoms with Crippen LogP contribution < -0.4 is 19.9 Å². The quantitative estimate of drug-likeness (QED) is 0.761. The second kappa shape index (κ2) is 7.94. The number of nitrogens with two attached hydrogens (primary N) is 1. The third kappa shape index (κ3) is 4.90. The average Bonchev–Trinajstić information content (AvgIpc) is 2.59. The molecule has 0 fully saturated rings. The lowest BCUT2D eigenvalue weighted by Crippen LogP contribution is -2.02. The number of benzene rings is 2. The van der Waals surface area contributed by atoms with Crippen LogP contribution in [-0.2, 0) is 15.6 Å². The molecule has 0 bridgehead atoms. The van der Waals surface area contributed by atoms with E-state index < -0.39 is 9.84 Å². The Morgan fingerprint density at radius 2 is 1.64 bits per heavy atom. The van der Waals surface area contributed by atoms with E-state index in [1.807, 2.05) is 0 Å². The van der Waals surface area contributed by atoms with E-state index in [2.05, 4.69) is 0 Å². The third-order valence-electron chi connectivity index (χ3n) is 3.55. The molecule has 2 aromatic carbocycles. The summed E-state index contributed by atoms with van der Waals surface area (Å²) in [6.07, 6.45) is 1.49. The second-order valence-corrected chi connectivity index (χ2v) is 7.18. The third-order valence-corrected chi connectivity index (χ3v) is 4.84. The van der Waals surface area contributed by atoms with Gasteiger partial charge in [0.1, 0.15) is 17.2 Å². The van der Waals surface area contributed by atoms with E-state index in [1.165, 1.54) is 20.3 Å². The van der Waals surface area contributed by atoms with Crippen LogP contribution >= 0.6 is 0 Å². The zero-order valence-electron chi connectivity index (χ0n) is 14.4.